The van der Waals surface area contributed by atoms with Crippen molar-refractivity contribution in [2.45, 2.75) is 34.2 Å². The van der Waals surface area contributed by atoms with Gasteiger partial charge in [-0.15, -0.1) is 0 Å². The number of urea groups is 1. The maximum absolute atomic E-state index is 12.1. The monoisotopic (exact) mass is 325 g/mol. The number of hydrogen-bond donors (Lipinski definition) is 2. The van der Waals surface area contributed by atoms with E-state index in [0.717, 1.165) is 29.9 Å². The van der Waals surface area contributed by atoms with Crippen LogP contribution in [0.4, 0.5) is 16.2 Å². The molecule has 0 aromatic heterocycles. The SMILES string of the molecule is CCN(CC)c1ccc(NC(=O)NCc2ccc(C)cc2)c(C)c1. The van der Waals surface area contributed by atoms with E-state index in [4.69, 9.17) is 0 Å². The molecule has 0 spiro atoms. The molecule has 2 aromatic carbocycles. The van der Waals surface area contributed by atoms with Crippen LogP contribution in [-0.4, -0.2) is 19.1 Å². The largest absolute Gasteiger partial charge is 0.372 e. The number of aryl methyl sites for hydroxylation is 2. The predicted octanol–water partition coefficient (Wildman–Crippen LogP) is 4.47. The van der Waals surface area contributed by atoms with Crippen molar-refractivity contribution in [2.24, 2.45) is 0 Å². The number of anilines is 2. The molecular weight excluding hydrogens is 298 g/mol. The van der Waals surface area contributed by atoms with Crippen LogP contribution < -0.4 is 15.5 Å². The third kappa shape index (κ3) is 4.75. The van der Waals surface area contributed by atoms with E-state index in [-0.39, 0.29) is 6.03 Å². The molecule has 24 heavy (non-hydrogen) atoms. The van der Waals surface area contributed by atoms with Gasteiger partial charge in [0.2, 0.25) is 0 Å². The third-order valence-electron chi connectivity index (χ3n) is 4.16. The lowest BCUT2D eigenvalue weighted by Gasteiger charge is -2.22. The summed E-state index contributed by atoms with van der Waals surface area (Å²) in [6.45, 7) is 10.8. The van der Waals surface area contributed by atoms with E-state index in [0.29, 0.717) is 6.54 Å². The summed E-state index contributed by atoms with van der Waals surface area (Å²) in [5, 5.41) is 5.82. The van der Waals surface area contributed by atoms with Crippen molar-refractivity contribution in [3.63, 3.8) is 0 Å². The molecule has 0 saturated heterocycles. The maximum atomic E-state index is 12.1. The van der Waals surface area contributed by atoms with Gasteiger partial charge in [-0.3, -0.25) is 0 Å². The van der Waals surface area contributed by atoms with Crippen LogP contribution in [0.25, 0.3) is 0 Å². The first-order valence-electron chi connectivity index (χ1n) is 8.49. The van der Waals surface area contributed by atoms with Crippen LogP contribution in [0.5, 0.6) is 0 Å². The summed E-state index contributed by atoms with van der Waals surface area (Å²) in [5.74, 6) is 0. The fourth-order valence-corrected chi connectivity index (χ4v) is 2.63. The van der Waals surface area contributed by atoms with E-state index < -0.39 is 0 Å². The Balaban J connectivity index is 1.95. The smallest absolute Gasteiger partial charge is 0.319 e. The molecule has 0 aliphatic heterocycles. The zero-order valence-electron chi connectivity index (χ0n) is 15.0. The lowest BCUT2D eigenvalue weighted by molar-refractivity contribution is 0.251. The molecule has 0 bridgehead atoms. The molecular formula is C20H27N3O. The molecule has 0 fully saturated rings. The normalized spacial score (nSPS) is 10.3. The van der Waals surface area contributed by atoms with E-state index in [1.54, 1.807) is 0 Å². The lowest BCUT2D eigenvalue weighted by Crippen LogP contribution is -2.28. The number of amides is 2. The van der Waals surface area contributed by atoms with E-state index in [2.05, 4.69) is 48.4 Å². The minimum absolute atomic E-state index is 0.186. The van der Waals surface area contributed by atoms with Crippen LogP contribution in [0.15, 0.2) is 42.5 Å². The standard InChI is InChI=1S/C20H27N3O/c1-5-23(6-2)18-11-12-19(16(4)13-18)22-20(24)21-14-17-9-7-15(3)8-10-17/h7-13H,5-6,14H2,1-4H3,(H2,21,22,24). The fourth-order valence-electron chi connectivity index (χ4n) is 2.63. The van der Waals surface area contributed by atoms with E-state index in [1.807, 2.05) is 37.3 Å². The topological polar surface area (TPSA) is 44.4 Å². The highest BCUT2D eigenvalue weighted by atomic mass is 16.2. The molecule has 2 N–H and O–H groups in total. The Morgan fingerprint density at radius 1 is 1.00 bits per heavy atom. The van der Waals surface area contributed by atoms with Gasteiger partial charge in [0, 0.05) is 31.0 Å². The van der Waals surface area contributed by atoms with E-state index in [1.165, 1.54) is 11.3 Å². The Labute approximate surface area is 144 Å². The summed E-state index contributed by atoms with van der Waals surface area (Å²) in [5.41, 5.74) is 5.39. The zero-order chi connectivity index (χ0) is 17.5. The first-order chi connectivity index (χ1) is 11.5. The number of nitrogens with zero attached hydrogens (tertiary/aromatic N) is 1. The molecule has 0 unspecified atom stereocenters. The first-order valence-corrected chi connectivity index (χ1v) is 8.49. The van der Waals surface area contributed by atoms with E-state index in [9.17, 15) is 4.79 Å². The van der Waals surface area contributed by atoms with Crippen molar-refractivity contribution in [3.8, 4) is 0 Å². The summed E-state index contributed by atoms with van der Waals surface area (Å²) in [6.07, 6.45) is 0. The number of carbonyl (C=O) groups is 1. The number of nitrogens with one attached hydrogen (secondary N) is 2. The molecule has 0 aliphatic carbocycles. The van der Waals surface area contributed by atoms with E-state index >= 15 is 0 Å². The Morgan fingerprint density at radius 2 is 1.67 bits per heavy atom. The molecule has 2 rings (SSSR count). The molecule has 4 nitrogen and oxygen atoms in total. The van der Waals surface area contributed by atoms with Crippen LogP contribution in [0.2, 0.25) is 0 Å². The highest BCUT2D eigenvalue weighted by Crippen LogP contribution is 2.22. The van der Waals surface area contributed by atoms with Crippen molar-refractivity contribution >= 4 is 17.4 Å². The minimum atomic E-state index is -0.186. The van der Waals surface area contributed by atoms with Crippen LogP contribution >= 0.6 is 0 Å². The maximum Gasteiger partial charge on any atom is 0.319 e. The van der Waals surface area contributed by atoms with Gasteiger partial charge in [0.25, 0.3) is 0 Å². The van der Waals surface area contributed by atoms with Crippen molar-refractivity contribution in [1.82, 2.24) is 5.32 Å². The molecule has 0 radical (unpaired) electrons. The average Bonchev–Trinajstić information content (AvgIpc) is 2.58. The summed E-state index contributed by atoms with van der Waals surface area (Å²) in [4.78, 5) is 14.4. The van der Waals surface area contributed by atoms with Crippen LogP contribution in [0.1, 0.15) is 30.5 Å². The molecule has 0 heterocycles. The highest BCUT2D eigenvalue weighted by Gasteiger charge is 2.07. The van der Waals surface area contributed by atoms with Gasteiger partial charge in [0.05, 0.1) is 0 Å². The van der Waals surface area contributed by atoms with Gasteiger partial charge in [-0.05, 0) is 57.0 Å². The summed E-state index contributed by atoms with van der Waals surface area (Å²) in [7, 11) is 0. The number of hydrogen-bond acceptors (Lipinski definition) is 2. The van der Waals surface area contributed by atoms with Crippen molar-refractivity contribution in [3.05, 3.63) is 59.2 Å². The lowest BCUT2D eigenvalue weighted by atomic mass is 10.1. The van der Waals surface area contributed by atoms with Gasteiger partial charge >= 0.3 is 6.03 Å². The van der Waals surface area contributed by atoms with Gasteiger partial charge in [-0.25, -0.2) is 4.79 Å². The fraction of sp³-hybridized carbons (Fsp3) is 0.350. The number of rotatable bonds is 6. The Morgan fingerprint density at radius 3 is 2.25 bits per heavy atom. The first kappa shape index (κ1) is 17.9. The Hall–Kier alpha value is -2.49. The van der Waals surface area contributed by atoms with Crippen molar-refractivity contribution < 1.29 is 4.79 Å². The van der Waals surface area contributed by atoms with Gasteiger partial charge in [-0.1, -0.05) is 29.8 Å². The van der Waals surface area contributed by atoms with Crippen molar-refractivity contribution in [2.75, 3.05) is 23.3 Å². The second-order valence-corrected chi connectivity index (χ2v) is 5.96. The number of carbonyl (C=O) groups excluding carboxylic acids is 1. The van der Waals surface area contributed by atoms with Gasteiger partial charge < -0.3 is 15.5 Å². The molecule has 2 aromatic rings. The second-order valence-electron chi connectivity index (χ2n) is 5.96. The molecule has 0 saturated carbocycles. The highest BCUT2D eigenvalue weighted by molar-refractivity contribution is 5.90. The Bertz CT molecular complexity index is 676. The quantitative estimate of drug-likeness (QED) is 0.823. The molecule has 0 atom stereocenters. The van der Waals surface area contributed by atoms with Crippen molar-refractivity contribution in [1.29, 1.82) is 0 Å². The van der Waals surface area contributed by atoms with Crippen LogP contribution in [0.3, 0.4) is 0 Å². The number of benzene rings is 2. The predicted molar refractivity (Wildman–Crippen MR) is 102 cm³/mol. The van der Waals surface area contributed by atoms with Crippen LogP contribution in [0, 0.1) is 13.8 Å². The van der Waals surface area contributed by atoms with Gasteiger partial charge in [0.1, 0.15) is 0 Å². The zero-order valence-corrected chi connectivity index (χ0v) is 15.0. The molecule has 2 amide bonds. The minimum Gasteiger partial charge on any atom is -0.372 e. The summed E-state index contributed by atoms with van der Waals surface area (Å²) >= 11 is 0. The molecule has 0 aliphatic rings. The van der Waals surface area contributed by atoms with Crippen LogP contribution in [-0.2, 0) is 6.54 Å². The average molecular weight is 325 g/mol. The second kappa shape index (κ2) is 8.39. The Kier molecular flexibility index (Phi) is 6.24. The summed E-state index contributed by atoms with van der Waals surface area (Å²) < 4.78 is 0. The third-order valence-corrected chi connectivity index (χ3v) is 4.16. The molecule has 4 heteroatoms. The summed E-state index contributed by atoms with van der Waals surface area (Å²) in [6, 6.07) is 14.1. The van der Waals surface area contributed by atoms with Gasteiger partial charge in [-0.2, -0.15) is 0 Å². The van der Waals surface area contributed by atoms with Gasteiger partial charge in [0.15, 0.2) is 0 Å². The molecule has 128 valence electrons.